The van der Waals surface area contributed by atoms with E-state index < -0.39 is 18.4 Å². The Labute approximate surface area is 141 Å². The largest absolute Gasteiger partial charge is 0.416 e. The standard InChI is InChI=1S/C14H17BrF4N2.ClH/c15-12-8-10(7-11(9-12)14(17,18)19)13(1-2-16)21-5-3-20-4-6-21;/h7-9,13,20H,1-6H2;1H/t13-;/m0./s1. The lowest BCUT2D eigenvalue weighted by atomic mass is 9.99. The number of rotatable bonds is 4. The normalized spacial score (nSPS) is 17.9. The van der Waals surface area contributed by atoms with E-state index in [1.807, 2.05) is 4.90 Å². The molecule has 0 radical (unpaired) electrons. The number of alkyl halides is 4. The van der Waals surface area contributed by atoms with E-state index in [0.29, 0.717) is 23.1 Å². The van der Waals surface area contributed by atoms with Gasteiger partial charge >= 0.3 is 6.18 Å². The van der Waals surface area contributed by atoms with Crippen LogP contribution in [0.3, 0.4) is 0 Å². The van der Waals surface area contributed by atoms with Crippen molar-refractivity contribution in [3.05, 3.63) is 33.8 Å². The van der Waals surface area contributed by atoms with E-state index in [2.05, 4.69) is 21.2 Å². The molecule has 8 heteroatoms. The molecule has 0 aliphatic carbocycles. The zero-order valence-electron chi connectivity index (χ0n) is 11.8. The molecule has 0 unspecified atom stereocenters. The van der Waals surface area contributed by atoms with Crippen LogP contribution in [0.1, 0.15) is 23.6 Å². The average Bonchev–Trinajstić information content (AvgIpc) is 2.44. The van der Waals surface area contributed by atoms with E-state index in [-0.39, 0.29) is 24.9 Å². The highest BCUT2D eigenvalue weighted by atomic mass is 79.9. The van der Waals surface area contributed by atoms with Crippen LogP contribution < -0.4 is 5.32 Å². The summed E-state index contributed by atoms with van der Waals surface area (Å²) in [5, 5.41) is 3.19. The van der Waals surface area contributed by atoms with Gasteiger partial charge in [-0.15, -0.1) is 12.4 Å². The SMILES string of the molecule is Cl.FCC[C@@H](c1cc(Br)cc(C(F)(F)F)c1)N1CCNCC1. The van der Waals surface area contributed by atoms with E-state index in [1.54, 1.807) is 6.07 Å². The van der Waals surface area contributed by atoms with Gasteiger partial charge in [0.2, 0.25) is 0 Å². The Morgan fingerprint density at radius 3 is 2.36 bits per heavy atom. The van der Waals surface area contributed by atoms with Crippen molar-refractivity contribution < 1.29 is 17.6 Å². The van der Waals surface area contributed by atoms with E-state index >= 15 is 0 Å². The lowest BCUT2D eigenvalue weighted by molar-refractivity contribution is -0.137. The molecule has 0 aromatic heterocycles. The van der Waals surface area contributed by atoms with Crippen molar-refractivity contribution in [2.45, 2.75) is 18.6 Å². The summed E-state index contributed by atoms with van der Waals surface area (Å²) in [5.41, 5.74) is -0.192. The molecular formula is C14H18BrClF4N2. The molecule has 1 fully saturated rings. The first-order valence-corrected chi connectivity index (χ1v) is 7.59. The number of benzene rings is 1. The first kappa shape index (κ1) is 19.7. The fourth-order valence-corrected chi connectivity index (χ4v) is 3.14. The number of nitrogens with one attached hydrogen (secondary N) is 1. The van der Waals surface area contributed by atoms with Gasteiger partial charge in [-0.3, -0.25) is 9.29 Å². The van der Waals surface area contributed by atoms with E-state index in [4.69, 9.17) is 0 Å². The van der Waals surface area contributed by atoms with Gasteiger partial charge in [-0.1, -0.05) is 15.9 Å². The van der Waals surface area contributed by atoms with Gasteiger partial charge in [0.25, 0.3) is 0 Å². The maximum Gasteiger partial charge on any atom is 0.416 e. The summed E-state index contributed by atoms with van der Waals surface area (Å²) in [6.45, 7) is 2.39. The smallest absolute Gasteiger partial charge is 0.314 e. The van der Waals surface area contributed by atoms with Gasteiger partial charge in [-0.05, 0) is 30.2 Å². The maximum absolute atomic E-state index is 12.9. The minimum absolute atomic E-state index is 0. The molecule has 22 heavy (non-hydrogen) atoms. The van der Waals surface area contributed by atoms with Crippen LogP contribution in [-0.2, 0) is 6.18 Å². The molecule has 126 valence electrons. The van der Waals surface area contributed by atoms with Crippen LogP contribution in [0.4, 0.5) is 17.6 Å². The van der Waals surface area contributed by atoms with Crippen LogP contribution in [0.2, 0.25) is 0 Å². The van der Waals surface area contributed by atoms with Crippen molar-refractivity contribution in [3.63, 3.8) is 0 Å². The molecule has 1 aliphatic heterocycles. The van der Waals surface area contributed by atoms with Crippen molar-refractivity contribution in [2.75, 3.05) is 32.9 Å². The van der Waals surface area contributed by atoms with Gasteiger partial charge in [0.15, 0.2) is 0 Å². The summed E-state index contributed by atoms with van der Waals surface area (Å²) in [7, 11) is 0. The zero-order chi connectivity index (χ0) is 15.5. The van der Waals surface area contributed by atoms with Crippen LogP contribution in [-0.4, -0.2) is 37.8 Å². The third-order valence-electron chi connectivity index (χ3n) is 3.61. The van der Waals surface area contributed by atoms with Crippen molar-refractivity contribution in [1.82, 2.24) is 10.2 Å². The number of hydrogen-bond donors (Lipinski definition) is 1. The molecule has 0 amide bonds. The Morgan fingerprint density at radius 2 is 1.82 bits per heavy atom. The lowest BCUT2D eigenvalue weighted by Gasteiger charge is -2.35. The number of halogens is 6. The van der Waals surface area contributed by atoms with Gasteiger partial charge in [-0.25, -0.2) is 0 Å². The molecule has 2 nitrogen and oxygen atoms in total. The molecule has 0 spiro atoms. The third kappa shape index (κ3) is 5.08. The summed E-state index contributed by atoms with van der Waals surface area (Å²) in [6, 6.07) is 3.51. The van der Waals surface area contributed by atoms with Crippen LogP contribution in [0.25, 0.3) is 0 Å². The molecule has 1 N–H and O–H groups in total. The van der Waals surface area contributed by atoms with Gasteiger partial charge in [0.1, 0.15) is 0 Å². The van der Waals surface area contributed by atoms with E-state index in [1.165, 1.54) is 0 Å². The average molecular weight is 406 g/mol. The minimum Gasteiger partial charge on any atom is -0.314 e. The van der Waals surface area contributed by atoms with Crippen molar-refractivity contribution in [1.29, 1.82) is 0 Å². The Bertz CT molecular complexity index is 478. The quantitative estimate of drug-likeness (QED) is 0.756. The molecule has 1 aliphatic rings. The highest BCUT2D eigenvalue weighted by Gasteiger charge is 2.32. The molecule has 2 rings (SSSR count). The summed E-state index contributed by atoms with van der Waals surface area (Å²) in [5.74, 6) is 0. The second-order valence-electron chi connectivity index (χ2n) is 5.05. The highest BCUT2D eigenvalue weighted by Crippen LogP contribution is 2.35. The fourth-order valence-electron chi connectivity index (χ4n) is 2.63. The van der Waals surface area contributed by atoms with Crippen molar-refractivity contribution >= 4 is 28.3 Å². The van der Waals surface area contributed by atoms with Gasteiger partial charge in [0, 0.05) is 36.7 Å². The molecule has 1 heterocycles. The van der Waals surface area contributed by atoms with Crippen LogP contribution >= 0.6 is 28.3 Å². The second-order valence-corrected chi connectivity index (χ2v) is 5.97. The Balaban J connectivity index is 0.00000242. The molecule has 0 saturated carbocycles. The lowest BCUT2D eigenvalue weighted by Crippen LogP contribution is -2.45. The minimum atomic E-state index is -4.40. The van der Waals surface area contributed by atoms with Gasteiger partial charge in [-0.2, -0.15) is 13.2 Å². The van der Waals surface area contributed by atoms with Crippen molar-refractivity contribution in [3.8, 4) is 0 Å². The zero-order valence-corrected chi connectivity index (χ0v) is 14.2. The second kappa shape index (κ2) is 8.47. The molecule has 1 atom stereocenters. The molecule has 0 bridgehead atoms. The molecule has 1 aromatic carbocycles. The maximum atomic E-state index is 12.9. The summed E-state index contributed by atoms with van der Waals surface area (Å²) in [6.07, 6.45) is -4.20. The first-order valence-electron chi connectivity index (χ1n) is 6.80. The first-order chi connectivity index (χ1) is 9.91. The molecular weight excluding hydrogens is 388 g/mol. The van der Waals surface area contributed by atoms with E-state index in [9.17, 15) is 17.6 Å². The predicted octanol–water partition coefficient (Wildman–Crippen LogP) is 4.20. The summed E-state index contributed by atoms with van der Waals surface area (Å²) >= 11 is 3.12. The van der Waals surface area contributed by atoms with Crippen molar-refractivity contribution in [2.24, 2.45) is 0 Å². The number of hydrogen-bond acceptors (Lipinski definition) is 2. The molecule has 1 saturated heterocycles. The number of piperazine rings is 1. The van der Waals surface area contributed by atoms with Gasteiger partial charge in [0.05, 0.1) is 12.2 Å². The Kier molecular flexibility index (Phi) is 7.58. The van der Waals surface area contributed by atoms with Crippen LogP contribution in [0, 0.1) is 0 Å². The number of nitrogens with zero attached hydrogens (tertiary/aromatic N) is 1. The van der Waals surface area contributed by atoms with E-state index in [0.717, 1.165) is 25.2 Å². The van der Waals surface area contributed by atoms with Crippen LogP contribution in [0.5, 0.6) is 0 Å². The Hall–Kier alpha value is -0.370. The summed E-state index contributed by atoms with van der Waals surface area (Å²) < 4.78 is 52.0. The monoisotopic (exact) mass is 404 g/mol. The molecule has 1 aromatic rings. The topological polar surface area (TPSA) is 15.3 Å². The predicted molar refractivity (Wildman–Crippen MR) is 84.2 cm³/mol. The fraction of sp³-hybridized carbons (Fsp3) is 0.571. The Morgan fingerprint density at radius 1 is 1.18 bits per heavy atom. The van der Waals surface area contributed by atoms with Crippen LogP contribution in [0.15, 0.2) is 22.7 Å². The highest BCUT2D eigenvalue weighted by molar-refractivity contribution is 9.10. The third-order valence-corrected chi connectivity index (χ3v) is 4.06. The van der Waals surface area contributed by atoms with Gasteiger partial charge < -0.3 is 5.32 Å². The summed E-state index contributed by atoms with van der Waals surface area (Å²) in [4.78, 5) is 2.04.